The number of nitrogens with zero attached hydrogens (tertiary/aromatic N) is 1. The van der Waals surface area contributed by atoms with Crippen LogP contribution in [0.5, 0.6) is 17.2 Å². The highest BCUT2D eigenvalue weighted by Gasteiger charge is 2.24. The Hall–Kier alpha value is -2.59. The second kappa shape index (κ2) is 7.75. The quantitative estimate of drug-likeness (QED) is 0.654. The molecule has 0 saturated carbocycles. The number of nitrogens with two attached hydrogens (primary N) is 2. The number of methoxy groups -OCH3 is 1. The Morgan fingerprint density at radius 1 is 1.23 bits per heavy atom. The van der Waals surface area contributed by atoms with E-state index in [2.05, 4.69) is 14.7 Å². The number of ether oxygens (including phenoxy) is 2. The van der Waals surface area contributed by atoms with Gasteiger partial charge in [-0.25, -0.2) is 18.1 Å². The summed E-state index contributed by atoms with van der Waals surface area (Å²) in [6.45, 7) is 5.85. The van der Waals surface area contributed by atoms with E-state index in [1.165, 1.54) is 19.4 Å². The summed E-state index contributed by atoms with van der Waals surface area (Å²) in [5.74, 6) is 1.08. The van der Waals surface area contributed by atoms with Crippen molar-refractivity contribution in [2.24, 2.45) is 0 Å². The summed E-state index contributed by atoms with van der Waals surface area (Å²) in [5, 5.41) is 0. The monoisotopic (exact) mass is 382 g/mol. The number of rotatable bonds is 7. The van der Waals surface area contributed by atoms with Crippen LogP contribution in [-0.2, 0) is 10.0 Å². The molecule has 0 unspecified atom stereocenters. The van der Waals surface area contributed by atoms with E-state index in [4.69, 9.17) is 20.9 Å². The lowest BCUT2D eigenvalue weighted by Crippen LogP contribution is -2.24. The number of hydrogen-bond donors (Lipinski definition) is 3. The average Bonchev–Trinajstić information content (AvgIpc) is 2.56. The van der Waals surface area contributed by atoms with Crippen LogP contribution < -0.4 is 30.6 Å². The van der Waals surface area contributed by atoms with Gasteiger partial charge in [0, 0.05) is 18.2 Å². The molecule has 0 spiro atoms. The van der Waals surface area contributed by atoms with Crippen molar-refractivity contribution in [2.45, 2.75) is 31.6 Å². The summed E-state index contributed by atoms with van der Waals surface area (Å²) in [6.07, 6.45) is 1.46. The maximum absolute atomic E-state index is 12.5. The lowest BCUT2D eigenvalue weighted by molar-refractivity contribution is -0.365. The predicted molar refractivity (Wildman–Crippen MR) is 97.6 cm³/mol. The Labute approximate surface area is 152 Å². The first kappa shape index (κ1) is 19.7. The number of sulfonamides is 1. The molecule has 0 radical (unpaired) electrons. The second-order valence-electron chi connectivity index (χ2n) is 5.83. The molecule has 0 aliphatic carbocycles. The fraction of sp³-hybridized carbons (Fsp3) is 0.375. The van der Waals surface area contributed by atoms with Crippen molar-refractivity contribution >= 4 is 21.8 Å². The molecule has 0 amide bonds. The standard InChI is InChI=1S/C16H23N5O4S/c1-5-20-26(22,23)14-7-11(10(9(2)3)6-12(14)24-4)25-13-8-19-16(18)21-15(13)17/h6-9,20H,5H2,1-4H3,(H4,17,18,19,21)/p+1. The number of H-pyrrole nitrogens is 1. The largest absolute Gasteiger partial charge is 0.495 e. The molecule has 26 heavy (non-hydrogen) atoms. The fourth-order valence-electron chi connectivity index (χ4n) is 2.36. The van der Waals surface area contributed by atoms with E-state index in [1.54, 1.807) is 13.0 Å². The van der Waals surface area contributed by atoms with Gasteiger partial charge < -0.3 is 15.2 Å². The first-order valence-electron chi connectivity index (χ1n) is 8.02. The van der Waals surface area contributed by atoms with Gasteiger partial charge in [0.1, 0.15) is 22.6 Å². The van der Waals surface area contributed by atoms with Crippen molar-refractivity contribution in [2.75, 3.05) is 25.1 Å². The molecule has 1 aromatic heterocycles. The van der Waals surface area contributed by atoms with E-state index in [1.807, 2.05) is 13.8 Å². The SMILES string of the molecule is CCNS(=O)(=O)c1cc(Oc2c[nH+]c(N)nc2N)c(C(C)C)cc1OC. The van der Waals surface area contributed by atoms with Gasteiger partial charge in [-0.2, -0.15) is 0 Å². The molecule has 0 aliphatic heterocycles. The molecule has 9 nitrogen and oxygen atoms in total. The highest BCUT2D eigenvalue weighted by molar-refractivity contribution is 7.89. The average molecular weight is 382 g/mol. The lowest BCUT2D eigenvalue weighted by atomic mass is 10.0. The Bertz CT molecular complexity index is 900. The molecule has 0 saturated heterocycles. The van der Waals surface area contributed by atoms with E-state index in [9.17, 15) is 8.42 Å². The Kier molecular flexibility index (Phi) is 5.88. The first-order chi connectivity index (χ1) is 12.2. The topological polar surface area (TPSA) is 144 Å². The Balaban J connectivity index is 2.62. The molecule has 1 aromatic carbocycles. The summed E-state index contributed by atoms with van der Waals surface area (Å²) in [5.41, 5.74) is 12.1. The summed E-state index contributed by atoms with van der Waals surface area (Å²) in [7, 11) is -2.34. The fourth-order valence-corrected chi connectivity index (χ4v) is 3.57. The third-order valence-electron chi connectivity index (χ3n) is 3.61. The molecule has 1 heterocycles. The van der Waals surface area contributed by atoms with Crippen LogP contribution in [0, 0.1) is 0 Å². The minimum Gasteiger partial charge on any atom is -0.495 e. The van der Waals surface area contributed by atoms with Gasteiger partial charge in [0.05, 0.1) is 7.11 Å². The van der Waals surface area contributed by atoms with Crippen molar-refractivity contribution in [1.82, 2.24) is 9.71 Å². The van der Waals surface area contributed by atoms with Crippen molar-refractivity contribution in [1.29, 1.82) is 0 Å². The number of aromatic amines is 1. The minimum atomic E-state index is -3.76. The number of anilines is 2. The first-order valence-corrected chi connectivity index (χ1v) is 9.51. The molecule has 142 valence electrons. The molecular formula is C16H24N5O4S+. The molecule has 0 fully saturated rings. The summed E-state index contributed by atoms with van der Waals surface area (Å²) in [4.78, 5) is 6.58. The molecule has 0 aliphatic rings. The molecule has 0 bridgehead atoms. The highest BCUT2D eigenvalue weighted by Crippen LogP contribution is 2.38. The van der Waals surface area contributed by atoms with Gasteiger partial charge in [-0.1, -0.05) is 20.8 Å². The van der Waals surface area contributed by atoms with E-state index >= 15 is 0 Å². The molecule has 10 heteroatoms. The maximum atomic E-state index is 12.5. The van der Waals surface area contributed by atoms with Crippen molar-refractivity contribution < 1.29 is 22.9 Å². The summed E-state index contributed by atoms with van der Waals surface area (Å²) >= 11 is 0. The van der Waals surface area contributed by atoms with Crippen LogP contribution in [0.15, 0.2) is 23.2 Å². The third kappa shape index (κ3) is 4.14. The second-order valence-corrected chi connectivity index (χ2v) is 7.57. The number of benzene rings is 1. The van der Waals surface area contributed by atoms with Crippen molar-refractivity contribution in [3.05, 3.63) is 23.9 Å². The number of nitrogen functional groups attached to an aromatic ring is 2. The highest BCUT2D eigenvalue weighted by atomic mass is 32.2. The zero-order chi connectivity index (χ0) is 19.5. The Morgan fingerprint density at radius 3 is 2.46 bits per heavy atom. The number of nitrogens with one attached hydrogen (secondary N) is 2. The number of hydrogen-bond acceptors (Lipinski definition) is 7. The molecule has 2 aromatic rings. The summed E-state index contributed by atoms with van der Waals surface area (Å²) < 4.78 is 38.6. The van der Waals surface area contributed by atoms with Gasteiger partial charge in [0.25, 0.3) is 0 Å². The van der Waals surface area contributed by atoms with Gasteiger partial charge in [0.2, 0.25) is 21.6 Å². The van der Waals surface area contributed by atoms with E-state index in [0.717, 1.165) is 5.56 Å². The molecule has 6 N–H and O–H groups in total. The smallest absolute Gasteiger partial charge is 0.389 e. The van der Waals surface area contributed by atoms with E-state index in [-0.39, 0.29) is 40.6 Å². The van der Waals surface area contributed by atoms with Crippen LogP contribution in [0.4, 0.5) is 11.8 Å². The van der Waals surface area contributed by atoms with Gasteiger partial charge in [0.15, 0.2) is 0 Å². The predicted octanol–water partition coefficient (Wildman–Crippen LogP) is 1.28. The lowest BCUT2D eigenvalue weighted by Gasteiger charge is -2.18. The van der Waals surface area contributed by atoms with E-state index in [0.29, 0.717) is 5.75 Å². The van der Waals surface area contributed by atoms with Crippen LogP contribution in [0.25, 0.3) is 0 Å². The maximum Gasteiger partial charge on any atom is 0.389 e. The van der Waals surface area contributed by atoms with Gasteiger partial charge in [-0.05, 0) is 17.0 Å². The van der Waals surface area contributed by atoms with Gasteiger partial charge in [-0.15, -0.1) is 0 Å². The van der Waals surface area contributed by atoms with Gasteiger partial charge >= 0.3 is 5.95 Å². The molecule has 0 atom stereocenters. The van der Waals surface area contributed by atoms with Crippen LogP contribution >= 0.6 is 0 Å². The number of aromatic nitrogens is 2. The minimum absolute atomic E-state index is 0.0211. The van der Waals surface area contributed by atoms with Crippen LogP contribution in [0.2, 0.25) is 0 Å². The van der Waals surface area contributed by atoms with Crippen LogP contribution in [-0.4, -0.2) is 27.1 Å². The van der Waals surface area contributed by atoms with Crippen LogP contribution in [0.3, 0.4) is 0 Å². The molecule has 2 rings (SSSR count). The Morgan fingerprint density at radius 2 is 1.92 bits per heavy atom. The van der Waals surface area contributed by atoms with Crippen molar-refractivity contribution in [3.8, 4) is 17.2 Å². The zero-order valence-electron chi connectivity index (χ0n) is 15.2. The molecular weight excluding hydrogens is 358 g/mol. The summed E-state index contributed by atoms with van der Waals surface area (Å²) in [6, 6.07) is 3.07. The zero-order valence-corrected chi connectivity index (χ0v) is 16.0. The van der Waals surface area contributed by atoms with Crippen molar-refractivity contribution in [3.63, 3.8) is 0 Å². The normalized spacial score (nSPS) is 11.6. The third-order valence-corrected chi connectivity index (χ3v) is 5.17. The van der Waals surface area contributed by atoms with Crippen LogP contribution in [0.1, 0.15) is 32.3 Å². The van der Waals surface area contributed by atoms with Gasteiger partial charge in [-0.3, -0.25) is 5.73 Å². The van der Waals surface area contributed by atoms with E-state index < -0.39 is 10.0 Å².